The lowest BCUT2D eigenvalue weighted by Gasteiger charge is -2.38. The van der Waals surface area contributed by atoms with E-state index in [-0.39, 0.29) is 30.2 Å². The van der Waals surface area contributed by atoms with Crippen LogP contribution in [0.3, 0.4) is 0 Å². The molecule has 1 aromatic carbocycles. The Bertz CT molecular complexity index is 816. The third-order valence-corrected chi connectivity index (χ3v) is 5.03. The van der Waals surface area contributed by atoms with Gasteiger partial charge in [-0.3, -0.25) is 4.79 Å². The highest BCUT2D eigenvalue weighted by atomic mass is 16.5. The molecule has 2 heterocycles. The average molecular weight is 343 g/mol. The number of rotatable bonds is 4. The number of carbonyl (C=O) groups excluding carboxylic acids is 1. The standard InChI is InChI=1S/C20H25NO4/c1-4-15-10-20(23)25-18-11-16(8-9-17(15)18)24-12-19(22)21-13(2)6-5-7-14(21)3/h8-11,13-14H,4-7,12H2,1-3H3/t13-,14-/m1/s1. The van der Waals surface area contributed by atoms with E-state index in [0.29, 0.717) is 11.3 Å². The van der Waals surface area contributed by atoms with Gasteiger partial charge in [0.25, 0.3) is 5.91 Å². The predicted octanol–water partition coefficient (Wildman–Crippen LogP) is 3.52. The number of aryl methyl sites for hydroxylation is 1. The third-order valence-electron chi connectivity index (χ3n) is 5.03. The van der Waals surface area contributed by atoms with Crippen LogP contribution in [0, 0.1) is 0 Å². The van der Waals surface area contributed by atoms with Crippen molar-refractivity contribution in [2.24, 2.45) is 0 Å². The van der Waals surface area contributed by atoms with Gasteiger partial charge in [-0.1, -0.05) is 6.92 Å². The Kier molecular flexibility index (Phi) is 5.11. The molecule has 1 aliphatic rings. The van der Waals surface area contributed by atoms with Crippen LogP contribution in [0.5, 0.6) is 5.75 Å². The molecule has 134 valence electrons. The summed E-state index contributed by atoms with van der Waals surface area (Å²) < 4.78 is 11.0. The molecule has 0 radical (unpaired) electrons. The summed E-state index contributed by atoms with van der Waals surface area (Å²) >= 11 is 0. The Balaban J connectivity index is 1.75. The second-order valence-corrected chi connectivity index (χ2v) is 6.82. The number of piperidine rings is 1. The van der Waals surface area contributed by atoms with E-state index in [1.807, 2.05) is 24.0 Å². The Morgan fingerprint density at radius 1 is 1.24 bits per heavy atom. The molecule has 25 heavy (non-hydrogen) atoms. The smallest absolute Gasteiger partial charge is 0.336 e. The van der Waals surface area contributed by atoms with Crippen molar-refractivity contribution >= 4 is 16.9 Å². The van der Waals surface area contributed by atoms with Gasteiger partial charge >= 0.3 is 5.63 Å². The van der Waals surface area contributed by atoms with Crippen molar-refractivity contribution in [3.63, 3.8) is 0 Å². The molecule has 0 N–H and O–H groups in total. The van der Waals surface area contributed by atoms with Crippen LogP contribution in [0.1, 0.15) is 45.6 Å². The summed E-state index contributed by atoms with van der Waals surface area (Å²) in [5, 5.41) is 0.902. The predicted molar refractivity (Wildman–Crippen MR) is 97.0 cm³/mol. The monoisotopic (exact) mass is 343 g/mol. The van der Waals surface area contributed by atoms with Crippen LogP contribution in [0.25, 0.3) is 11.0 Å². The number of likely N-dealkylation sites (tertiary alicyclic amines) is 1. The molecule has 1 aliphatic heterocycles. The average Bonchev–Trinajstić information content (AvgIpc) is 2.58. The highest BCUT2D eigenvalue weighted by molar-refractivity contribution is 5.82. The molecule has 1 amide bonds. The number of nitrogens with zero attached hydrogens (tertiary/aromatic N) is 1. The molecule has 1 aromatic heterocycles. The quantitative estimate of drug-likeness (QED) is 0.797. The van der Waals surface area contributed by atoms with Crippen LogP contribution >= 0.6 is 0 Å². The molecule has 0 aliphatic carbocycles. The zero-order valence-corrected chi connectivity index (χ0v) is 15.1. The molecular formula is C20H25NO4. The molecule has 5 heteroatoms. The maximum absolute atomic E-state index is 12.5. The fourth-order valence-corrected chi connectivity index (χ4v) is 3.73. The van der Waals surface area contributed by atoms with E-state index < -0.39 is 0 Å². The highest BCUT2D eigenvalue weighted by Crippen LogP contribution is 2.25. The summed E-state index contributed by atoms with van der Waals surface area (Å²) in [4.78, 5) is 26.1. The molecule has 0 unspecified atom stereocenters. The van der Waals surface area contributed by atoms with E-state index in [0.717, 1.165) is 36.6 Å². The largest absolute Gasteiger partial charge is 0.484 e. The summed E-state index contributed by atoms with van der Waals surface area (Å²) in [6.45, 7) is 6.17. The van der Waals surface area contributed by atoms with Gasteiger partial charge in [0.2, 0.25) is 0 Å². The van der Waals surface area contributed by atoms with E-state index >= 15 is 0 Å². The third kappa shape index (κ3) is 3.70. The summed E-state index contributed by atoms with van der Waals surface area (Å²) in [5.74, 6) is 0.540. The molecule has 1 saturated heterocycles. The topological polar surface area (TPSA) is 59.8 Å². The molecule has 5 nitrogen and oxygen atoms in total. The molecule has 0 bridgehead atoms. The van der Waals surface area contributed by atoms with E-state index in [1.165, 1.54) is 6.07 Å². The van der Waals surface area contributed by atoms with E-state index in [4.69, 9.17) is 9.15 Å². The van der Waals surface area contributed by atoms with Gasteiger partial charge in [0, 0.05) is 29.6 Å². The van der Waals surface area contributed by atoms with Crippen LogP contribution in [-0.2, 0) is 11.2 Å². The van der Waals surface area contributed by atoms with Crippen molar-refractivity contribution in [1.82, 2.24) is 4.90 Å². The minimum Gasteiger partial charge on any atom is -0.484 e. The van der Waals surface area contributed by atoms with Crippen molar-refractivity contribution in [3.8, 4) is 5.75 Å². The van der Waals surface area contributed by atoms with Gasteiger partial charge in [0.05, 0.1) is 0 Å². The number of ether oxygens (including phenoxy) is 1. The Labute approximate surface area is 147 Å². The first-order chi connectivity index (χ1) is 12.0. The fraction of sp³-hybridized carbons (Fsp3) is 0.500. The van der Waals surface area contributed by atoms with E-state index in [2.05, 4.69) is 13.8 Å². The molecular weight excluding hydrogens is 318 g/mol. The number of carbonyl (C=O) groups is 1. The number of amides is 1. The molecule has 0 spiro atoms. The number of hydrogen-bond donors (Lipinski definition) is 0. The van der Waals surface area contributed by atoms with E-state index in [1.54, 1.807) is 6.07 Å². The van der Waals surface area contributed by atoms with Gasteiger partial charge < -0.3 is 14.1 Å². The first-order valence-corrected chi connectivity index (χ1v) is 9.00. The van der Waals surface area contributed by atoms with Gasteiger partial charge in [-0.2, -0.15) is 0 Å². The van der Waals surface area contributed by atoms with Crippen molar-refractivity contribution in [2.45, 2.75) is 58.5 Å². The van der Waals surface area contributed by atoms with E-state index in [9.17, 15) is 9.59 Å². The van der Waals surface area contributed by atoms with Crippen molar-refractivity contribution < 1.29 is 13.9 Å². The lowest BCUT2D eigenvalue weighted by atomic mass is 9.97. The van der Waals surface area contributed by atoms with Gasteiger partial charge in [0.1, 0.15) is 11.3 Å². The first-order valence-electron chi connectivity index (χ1n) is 9.00. The molecule has 2 atom stereocenters. The van der Waals surface area contributed by atoms with Crippen LogP contribution in [0.15, 0.2) is 33.5 Å². The zero-order chi connectivity index (χ0) is 18.0. The summed E-state index contributed by atoms with van der Waals surface area (Å²) in [5.41, 5.74) is 1.08. The van der Waals surface area contributed by atoms with Crippen LogP contribution < -0.4 is 10.4 Å². The Morgan fingerprint density at radius 3 is 2.64 bits per heavy atom. The van der Waals surface area contributed by atoms with Crippen LogP contribution in [0.4, 0.5) is 0 Å². The minimum absolute atomic E-state index is 0.00210. The SMILES string of the molecule is CCc1cc(=O)oc2cc(OCC(=O)N3[C@H](C)CCC[C@H]3C)ccc12. The first kappa shape index (κ1) is 17.5. The zero-order valence-electron chi connectivity index (χ0n) is 15.1. The fourth-order valence-electron chi connectivity index (χ4n) is 3.73. The van der Waals surface area contributed by atoms with Crippen LogP contribution in [-0.4, -0.2) is 29.5 Å². The number of fused-ring (bicyclic) bond motifs is 1. The van der Waals surface area contributed by atoms with Crippen LogP contribution in [0.2, 0.25) is 0 Å². The molecule has 3 rings (SSSR count). The summed E-state index contributed by atoms with van der Waals surface area (Å²) in [6.07, 6.45) is 4.00. The maximum Gasteiger partial charge on any atom is 0.336 e. The summed E-state index contributed by atoms with van der Waals surface area (Å²) in [7, 11) is 0. The lowest BCUT2D eigenvalue weighted by molar-refractivity contribution is -0.139. The second kappa shape index (κ2) is 7.30. The molecule has 0 saturated carbocycles. The summed E-state index contributed by atoms with van der Waals surface area (Å²) in [6, 6.07) is 7.40. The van der Waals surface area contributed by atoms with Gasteiger partial charge in [0.15, 0.2) is 6.61 Å². The van der Waals surface area contributed by atoms with Crippen molar-refractivity contribution in [2.75, 3.05) is 6.61 Å². The minimum atomic E-state index is -0.367. The number of hydrogen-bond acceptors (Lipinski definition) is 4. The van der Waals surface area contributed by atoms with Crippen molar-refractivity contribution in [1.29, 1.82) is 0 Å². The lowest BCUT2D eigenvalue weighted by Crippen LogP contribution is -2.49. The maximum atomic E-state index is 12.5. The van der Waals surface area contributed by atoms with Gasteiger partial charge in [-0.15, -0.1) is 0 Å². The highest BCUT2D eigenvalue weighted by Gasteiger charge is 2.28. The Hall–Kier alpha value is -2.30. The normalized spacial score (nSPS) is 20.7. The number of benzene rings is 1. The molecule has 1 fully saturated rings. The Morgan fingerprint density at radius 2 is 1.96 bits per heavy atom. The van der Waals surface area contributed by atoms with Gasteiger partial charge in [-0.25, -0.2) is 4.79 Å². The van der Waals surface area contributed by atoms with Gasteiger partial charge in [-0.05, 0) is 57.2 Å². The second-order valence-electron chi connectivity index (χ2n) is 6.82. The van der Waals surface area contributed by atoms with Crippen molar-refractivity contribution in [3.05, 3.63) is 40.2 Å². The molecule has 2 aromatic rings.